The lowest BCUT2D eigenvalue weighted by Gasteiger charge is -2.29. The van der Waals surface area contributed by atoms with Crippen LogP contribution in [-0.4, -0.2) is 19.8 Å². The molecule has 0 aromatic heterocycles. The summed E-state index contributed by atoms with van der Waals surface area (Å²) in [6.07, 6.45) is 7.01. The molecule has 0 N–H and O–H groups in total. The van der Waals surface area contributed by atoms with E-state index >= 15 is 0 Å². The normalized spacial score (nSPS) is 13.9. The fraction of sp³-hybridized carbons (Fsp3) is 0.333. The molecule has 148 valence electrons. The highest BCUT2D eigenvalue weighted by molar-refractivity contribution is 5.68. The second-order valence-corrected chi connectivity index (χ2v) is 7.64. The van der Waals surface area contributed by atoms with Crippen LogP contribution in [0.3, 0.4) is 0 Å². The van der Waals surface area contributed by atoms with Crippen molar-refractivity contribution in [2.45, 2.75) is 39.7 Å². The van der Waals surface area contributed by atoms with Gasteiger partial charge in [-0.1, -0.05) is 17.7 Å². The quantitative estimate of drug-likeness (QED) is 0.560. The molecule has 28 heavy (non-hydrogen) atoms. The van der Waals surface area contributed by atoms with Crippen molar-refractivity contribution < 1.29 is 18.9 Å². The molecular formula is C24H28O4. The summed E-state index contributed by atoms with van der Waals surface area (Å²) in [5.74, 6) is 3.65. The van der Waals surface area contributed by atoms with E-state index in [0.717, 1.165) is 40.5 Å². The molecule has 0 saturated carbocycles. The molecule has 0 amide bonds. The molecule has 0 fully saturated rings. The first kappa shape index (κ1) is 19.9. The second kappa shape index (κ2) is 8.01. The van der Waals surface area contributed by atoms with Gasteiger partial charge in [0.1, 0.15) is 22.8 Å². The molecular weight excluding hydrogens is 352 g/mol. The molecule has 0 unspecified atom stereocenters. The zero-order chi connectivity index (χ0) is 20.3. The Morgan fingerprint density at radius 3 is 2.43 bits per heavy atom. The zero-order valence-electron chi connectivity index (χ0n) is 17.5. The van der Waals surface area contributed by atoms with Crippen LogP contribution in [0.15, 0.2) is 48.1 Å². The van der Waals surface area contributed by atoms with Gasteiger partial charge >= 0.3 is 0 Å². The van der Waals surface area contributed by atoms with Gasteiger partial charge in [-0.3, -0.25) is 0 Å². The Bertz CT molecular complexity index is 918. The number of fused-ring (bicyclic) bond motifs is 1. The SMILES string of the molecule is COc1ccc(Oc2cc(OC)cc3c2OC(C)(C)C=C3)c(CC=C(C)C)c1. The third-order valence-corrected chi connectivity index (χ3v) is 4.54. The lowest BCUT2D eigenvalue weighted by molar-refractivity contribution is 0.153. The van der Waals surface area contributed by atoms with Crippen molar-refractivity contribution in [2.24, 2.45) is 0 Å². The van der Waals surface area contributed by atoms with Crippen LogP contribution < -0.4 is 18.9 Å². The van der Waals surface area contributed by atoms with Gasteiger partial charge in [0.2, 0.25) is 0 Å². The molecule has 2 aromatic carbocycles. The van der Waals surface area contributed by atoms with Gasteiger partial charge in [0.15, 0.2) is 11.5 Å². The number of methoxy groups -OCH3 is 2. The lowest BCUT2D eigenvalue weighted by Crippen LogP contribution is -2.27. The summed E-state index contributed by atoms with van der Waals surface area (Å²) in [6, 6.07) is 9.66. The summed E-state index contributed by atoms with van der Waals surface area (Å²) in [4.78, 5) is 0. The molecule has 0 bridgehead atoms. The van der Waals surface area contributed by atoms with Gasteiger partial charge in [-0.25, -0.2) is 0 Å². The standard InChI is InChI=1S/C24H28O4/c1-16(2)7-8-17-13-19(25-5)9-10-21(17)27-22-15-20(26-6)14-18-11-12-24(3,4)28-23(18)22/h7,9-15H,8H2,1-6H3. The van der Waals surface area contributed by atoms with Crippen molar-refractivity contribution in [2.75, 3.05) is 14.2 Å². The van der Waals surface area contributed by atoms with E-state index in [1.807, 2.05) is 56.3 Å². The van der Waals surface area contributed by atoms with Crippen LogP contribution in [0.25, 0.3) is 6.08 Å². The van der Waals surface area contributed by atoms with Crippen molar-refractivity contribution >= 4 is 6.08 Å². The van der Waals surface area contributed by atoms with Gasteiger partial charge in [0.25, 0.3) is 0 Å². The molecule has 1 aliphatic rings. The first-order valence-electron chi connectivity index (χ1n) is 9.40. The number of allylic oxidation sites excluding steroid dienone is 2. The Balaban J connectivity index is 2.04. The first-order chi connectivity index (χ1) is 13.3. The maximum atomic E-state index is 6.35. The highest BCUT2D eigenvalue weighted by atomic mass is 16.5. The van der Waals surface area contributed by atoms with Crippen LogP contribution in [-0.2, 0) is 6.42 Å². The van der Waals surface area contributed by atoms with E-state index in [2.05, 4.69) is 19.9 Å². The van der Waals surface area contributed by atoms with E-state index < -0.39 is 5.60 Å². The maximum Gasteiger partial charge on any atom is 0.173 e. The molecule has 0 radical (unpaired) electrons. The van der Waals surface area contributed by atoms with Crippen LogP contribution >= 0.6 is 0 Å². The Kier molecular flexibility index (Phi) is 5.68. The predicted octanol–water partition coefficient (Wildman–Crippen LogP) is 6.19. The molecule has 0 spiro atoms. The summed E-state index contributed by atoms with van der Waals surface area (Å²) in [6.45, 7) is 8.21. The fourth-order valence-electron chi connectivity index (χ4n) is 2.99. The Morgan fingerprint density at radius 1 is 1.00 bits per heavy atom. The molecule has 3 rings (SSSR count). The van der Waals surface area contributed by atoms with Crippen LogP contribution in [0.4, 0.5) is 0 Å². The molecule has 2 aromatic rings. The number of hydrogen-bond acceptors (Lipinski definition) is 4. The highest BCUT2D eigenvalue weighted by Gasteiger charge is 2.26. The second-order valence-electron chi connectivity index (χ2n) is 7.64. The van der Waals surface area contributed by atoms with E-state index in [9.17, 15) is 0 Å². The minimum atomic E-state index is -0.398. The van der Waals surface area contributed by atoms with E-state index in [1.165, 1.54) is 5.57 Å². The third kappa shape index (κ3) is 4.50. The average Bonchev–Trinajstić information content (AvgIpc) is 2.66. The minimum absolute atomic E-state index is 0.398. The molecule has 0 saturated heterocycles. The maximum absolute atomic E-state index is 6.35. The molecule has 0 atom stereocenters. The van der Waals surface area contributed by atoms with Gasteiger partial charge < -0.3 is 18.9 Å². The summed E-state index contributed by atoms with van der Waals surface area (Å²) in [7, 11) is 3.32. The highest BCUT2D eigenvalue weighted by Crippen LogP contribution is 2.44. The van der Waals surface area contributed by atoms with Crippen molar-refractivity contribution in [3.8, 4) is 28.7 Å². The summed E-state index contributed by atoms with van der Waals surface area (Å²) in [5.41, 5.74) is 2.84. The predicted molar refractivity (Wildman–Crippen MR) is 113 cm³/mol. The van der Waals surface area contributed by atoms with Crippen LogP contribution in [0, 0.1) is 0 Å². The van der Waals surface area contributed by atoms with E-state index in [4.69, 9.17) is 18.9 Å². The van der Waals surface area contributed by atoms with Crippen molar-refractivity contribution in [1.29, 1.82) is 0 Å². The van der Waals surface area contributed by atoms with Crippen LogP contribution in [0.1, 0.15) is 38.8 Å². The smallest absolute Gasteiger partial charge is 0.173 e. The summed E-state index contributed by atoms with van der Waals surface area (Å²) in [5, 5.41) is 0. The van der Waals surface area contributed by atoms with Crippen molar-refractivity contribution in [1.82, 2.24) is 0 Å². The minimum Gasteiger partial charge on any atom is -0.497 e. The summed E-state index contributed by atoms with van der Waals surface area (Å²) >= 11 is 0. The van der Waals surface area contributed by atoms with E-state index in [1.54, 1.807) is 14.2 Å². The van der Waals surface area contributed by atoms with Crippen LogP contribution in [0.2, 0.25) is 0 Å². The first-order valence-corrected chi connectivity index (χ1v) is 9.40. The molecule has 4 nitrogen and oxygen atoms in total. The van der Waals surface area contributed by atoms with Gasteiger partial charge in [-0.15, -0.1) is 0 Å². The van der Waals surface area contributed by atoms with Gasteiger partial charge in [-0.05, 0) is 64.5 Å². The van der Waals surface area contributed by atoms with E-state index in [-0.39, 0.29) is 0 Å². The third-order valence-electron chi connectivity index (χ3n) is 4.54. The number of benzene rings is 2. The molecule has 1 aliphatic heterocycles. The van der Waals surface area contributed by atoms with E-state index in [0.29, 0.717) is 5.75 Å². The van der Waals surface area contributed by atoms with Gasteiger partial charge in [0, 0.05) is 17.2 Å². The van der Waals surface area contributed by atoms with Gasteiger partial charge in [0.05, 0.1) is 14.2 Å². The van der Waals surface area contributed by atoms with Crippen LogP contribution in [0.5, 0.6) is 28.7 Å². The largest absolute Gasteiger partial charge is 0.497 e. The summed E-state index contributed by atoms with van der Waals surface area (Å²) < 4.78 is 23.4. The number of rotatable bonds is 6. The molecule has 4 heteroatoms. The molecule has 0 aliphatic carbocycles. The Morgan fingerprint density at radius 2 is 1.75 bits per heavy atom. The fourth-order valence-corrected chi connectivity index (χ4v) is 2.99. The average molecular weight is 380 g/mol. The number of ether oxygens (including phenoxy) is 4. The Labute approximate surface area is 167 Å². The van der Waals surface area contributed by atoms with Crippen molar-refractivity contribution in [3.05, 3.63) is 59.2 Å². The van der Waals surface area contributed by atoms with Gasteiger partial charge in [-0.2, -0.15) is 0 Å². The Hall–Kier alpha value is -2.88. The molecule has 1 heterocycles. The number of hydrogen-bond donors (Lipinski definition) is 0. The topological polar surface area (TPSA) is 36.9 Å². The lowest BCUT2D eigenvalue weighted by atomic mass is 10.0. The zero-order valence-corrected chi connectivity index (χ0v) is 17.5. The monoisotopic (exact) mass is 380 g/mol. The van der Waals surface area contributed by atoms with Crippen molar-refractivity contribution in [3.63, 3.8) is 0 Å².